The van der Waals surface area contributed by atoms with E-state index in [2.05, 4.69) is 21.3 Å². The van der Waals surface area contributed by atoms with Crippen LogP contribution in [-0.2, 0) is 0 Å². The van der Waals surface area contributed by atoms with Gasteiger partial charge in [0.05, 0.1) is 11.1 Å². The summed E-state index contributed by atoms with van der Waals surface area (Å²) >= 11 is 0. The molecule has 0 saturated heterocycles. The Hall–Kier alpha value is -4.24. The summed E-state index contributed by atoms with van der Waals surface area (Å²) in [6.45, 7) is 25.9. The third-order valence-corrected chi connectivity index (χ3v) is 7.92. The van der Waals surface area contributed by atoms with Crippen LogP contribution < -0.4 is 30.7 Å². The van der Waals surface area contributed by atoms with Crippen molar-refractivity contribution >= 4 is 35.0 Å². The van der Waals surface area contributed by atoms with Crippen molar-refractivity contribution in [1.29, 1.82) is 0 Å². The van der Waals surface area contributed by atoms with Gasteiger partial charge >= 0.3 is 12.1 Å². The van der Waals surface area contributed by atoms with Gasteiger partial charge in [-0.05, 0) is 119 Å². The molecule has 304 valence electrons. The third kappa shape index (κ3) is 18.2. The van der Waals surface area contributed by atoms with Gasteiger partial charge in [0.25, 0.3) is 0 Å². The van der Waals surface area contributed by atoms with Crippen LogP contribution in [0.4, 0.5) is 21.0 Å². The number of β-amino-alcohol motifs (C(OH)–C–C–N with tert-alkyl or cyclic N) is 2. The molecule has 0 bridgehead atoms. The number of hydrogen-bond donors (Lipinski definition) is 6. The Morgan fingerprint density at radius 2 is 0.926 bits per heavy atom. The average molecular weight is 759 g/mol. The number of aliphatic hydroxyl groups excluding tert-OH is 2. The Morgan fingerprint density at radius 1 is 0.611 bits per heavy atom. The Balaban J connectivity index is 0.000000540. The van der Waals surface area contributed by atoms with E-state index in [1.54, 1.807) is 46.2 Å². The van der Waals surface area contributed by atoms with E-state index in [4.69, 9.17) is 9.47 Å². The van der Waals surface area contributed by atoms with Gasteiger partial charge in [-0.2, -0.15) is 0 Å². The summed E-state index contributed by atoms with van der Waals surface area (Å²) in [4.78, 5) is 51.6. The minimum atomic E-state index is -0.703. The van der Waals surface area contributed by atoms with E-state index >= 15 is 0 Å². The standard InChI is InChI=1S/2C20H33N3O4/c2*1-7-23(8-2)19(26)22-15-9-10-18(17(11-15)14(3)24)27-13-16(25)12-21-20(4,5)6/h2*9-11,16,21,25H,7-8,12-13H2,1-6H3,(H,22,26). The Bertz CT molecular complexity index is 1380. The van der Waals surface area contributed by atoms with E-state index in [1.807, 2.05) is 69.2 Å². The molecule has 54 heavy (non-hydrogen) atoms. The minimum absolute atomic E-state index is 0.0640. The number of hydrogen-bond acceptors (Lipinski definition) is 10. The van der Waals surface area contributed by atoms with Gasteiger partial charge in [0, 0.05) is 61.7 Å². The van der Waals surface area contributed by atoms with Crippen molar-refractivity contribution in [3.63, 3.8) is 0 Å². The van der Waals surface area contributed by atoms with Crippen molar-refractivity contribution in [2.75, 3.05) is 63.1 Å². The zero-order valence-electron chi connectivity index (χ0n) is 34.5. The molecule has 0 aromatic heterocycles. The molecule has 14 heteroatoms. The second-order valence-electron chi connectivity index (χ2n) is 14.9. The number of rotatable bonds is 18. The fraction of sp³-hybridized carbons (Fsp3) is 0.600. The number of nitrogens with one attached hydrogen (secondary N) is 4. The monoisotopic (exact) mass is 758 g/mol. The van der Waals surface area contributed by atoms with Crippen LogP contribution in [-0.4, -0.2) is 119 Å². The Morgan fingerprint density at radius 3 is 1.19 bits per heavy atom. The van der Waals surface area contributed by atoms with Gasteiger partial charge in [-0.25, -0.2) is 9.59 Å². The summed E-state index contributed by atoms with van der Waals surface area (Å²) in [6.07, 6.45) is -1.41. The second kappa shape index (κ2) is 22.9. The van der Waals surface area contributed by atoms with Crippen LogP contribution in [0.3, 0.4) is 0 Å². The summed E-state index contributed by atoms with van der Waals surface area (Å²) in [7, 11) is 0. The van der Waals surface area contributed by atoms with E-state index < -0.39 is 12.2 Å². The molecule has 0 fully saturated rings. The van der Waals surface area contributed by atoms with E-state index in [0.717, 1.165) is 0 Å². The highest BCUT2D eigenvalue weighted by atomic mass is 16.5. The van der Waals surface area contributed by atoms with Crippen molar-refractivity contribution in [2.24, 2.45) is 0 Å². The van der Waals surface area contributed by atoms with Crippen LogP contribution >= 0.6 is 0 Å². The molecule has 2 atom stereocenters. The number of nitrogens with zero attached hydrogens (tertiary/aromatic N) is 2. The maximum atomic E-state index is 12.2. The van der Waals surface area contributed by atoms with Crippen molar-refractivity contribution in [3.05, 3.63) is 47.5 Å². The molecule has 0 aliphatic carbocycles. The van der Waals surface area contributed by atoms with E-state index in [1.165, 1.54) is 13.8 Å². The SMILES string of the molecule is CCN(CC)C(=O)Nc1ccc(OCC(O)CNC(C)(C)C)c(C(C)=O)c1.CCN(CC)C(=O)Nc1ccc(OCC(O)CNC(C)(C)C)c(C(C)=O)c1. The second-order valence-corrected chi connectivity index (χ2v) is 14.9. The zero-order valence-corrected chi connectivity index (χ0v) is 34.5. The van der Waals surface area contributed by atoms with Crippen LogP contribution in [0.1, 0.15) is 104 Å². The molecule has 0 heterocycles. The molecule has 2 unspecified atom stereocenters. The van der Waals surface area contributed by atoms with E-state index in [9.17, 15) is 29.4 Å². The first-order valence-corrected chi connectivity index (χ1v) is 18.7. The van der Waals surface area contributed by atoms with Gasteiger partial charge in [-0.15, -0.1) is 0 Å². The molecule has 0 aliphatic rings. The van der Waals surface area contributed by atoms with Gasteiger partial charge in [0.2, 0.25) is 0 Å². The zero-order chi connectivity index (χ0) is 41.2. The summed E-state index contributed by atoms with van der Waals surface area (Å²) in [5, 5.41) is 32.1. The summed E-state index contributed by atoms with van der Waals surface area (Å²) < 4.78 is 11.3. The topological polar surface area (TPSA) is 182 Å². The largest absolute Gasteiger partial charge is 0.490 e. The predicted octanol–water partition coefficient (Wildman–Crippen LogP) is 5.78. The molecule has 14 nitrogen and oxygen atoms in total. The fourth-order valence-corrected chi connectivity index (χ4v) is 4.78. The van der Waals surface area contributed by atoms with Crippen LogP contribution in [0.5, 0.6) is 11.5 Å². The van der Waals surface area contributed by atoms with Crippen LogP contribution in [0, 0.1) is 0 Å². The lowest BCUT2D eigenvalue weighted by molar-refractivity contribution is 0.0948. The van der Waals surface area contributed by atoms with Crippen molar-refractivity contribution < 1.29 is 38.9 Å². The summed E-state index contributed by atoms with van der Waals surface area (Å²) in [6, 6.07) is 9.40. The van der Waals surface area contributed by atoms with Gasteiger partial charge < -0.3 is 50.8 Å². The number of ketones is 2. The van der Waals surface area contributed by atoms with E-state index in [0.29, 0.717) is 73.3 Å². The lowest BCUT2D eigenvalue weighted by Crippen LogP contribution is -2.42. The highest BCUT2D eigenvalue weighted by Gasteiger charge is 2.18. The molecule has 0 aliphatic heterocycles. The van der Waals surface area contributed by atoms with Gasteiger partial charge in [0.1, 0.15) is 36.9 Å². The number of amides is 4. The molecule has 2 rings (SSSR count). The van der Waals surface area contributed by atoms with Gasteiger partial charge in [-0.1, -0.05) is 0 Å². The lowest BCUT2D eigenvalue weighted by Gasteiger charge is -2.23. The lowest BCUT2D eigenvalue weighted by atomic mass is 10.1. The van der Waals surface area contributed by atoms with Crippen molar-refractivity contribution in [2.45, 2.75) is 106 Å². The molecule has 0 radical (unpaired) electrons. The van der Waals surface area contributed by atoms with Crippen LogP contribution in [0.15, 0.2) is 36.4 Å². The first-order valence-electron chi connectivity index (χ1n) is 18.7. The fourth-order valence-electron chi connectivity index (χ4n) is 4.78. The molecule has 2 aromatic rings. The minimum Gasteiger partial charge on any atom is -0.490 e. The molecule has 0 saturated carbocycles. The Labute approximate surface area is 322 Å². The summed E-state index contributed by atoms with van der Waals surface area (Å²) in [5.74, 6) is 0.425. The predicted molar refractivity (Wildman–Crippen MR) is 215 cm³/mol. The highest BCUT2D eigenvalue weighted by molar-refractivity contribution is 6.00. The number of ether oxygens (including phenoxy) is 2. The first kappa shape index (κ1) is 47.8. The highest BCUT2D eigenvalue weighted by Crippen LogP contribution is 2.25. The number of benzene rings is 2. The molecular formula is C40H66N6O8. The van der Waals surface area contributed by atoms with Gasteiger partial charge in [-0.3, -0.25) is 9.59 Å². The number of anilines is 2. The number of aliphatic hydroxyl groups is 2. The normalized spacial score (nSPS) is 12.4. The average Bonchev–Trinajstić information content (AvgIpc) is 3.09. The van der Waals surface area contributed by atoms with Crippen LogP contribution in [0.2, 0.25) is 0 Å². The van der Waals surface area contributed by atoms with Gasteiger partial charge in [0.15, 0.2) is 11.6 Å². The number of urea groups is 2. The molecule has 4 amide bonds. The maximum absolute atomic E-state index is 12.2. The molecule has 0 spiro atoms. The van der Waals surface area contributed by atoms with E-state index in [-0.39, 0.29) is 47.9 Å². The number of carbonyl (C=O) groups is 4. The first-order chi connectivity index (χ1) is 25.1. The molecular weight excluding hydrogens is 692 g/mol. The third-order valence-electron chi connectivity index (χ3n) is 7.92. The smallest absolute Gasteiger partial charge is 0.321 e. The summed E-state index contributed by atoms with van der Waals surface area (Å²) in [5.41, 5.74) is 1.58. The maximum Gasteiger partial charge on any atom is 0.321 e. The Kier molecular flexibility index (Phi) is 20.2. The molecule has 2 aromatic carbocycles. The molecule has 6 N–H and O–H groups in total. The quantitative estimate of drug-likeness (QED) is 0.102. The number of carbonyl (C=O) groups excluding carboxylic acids is 4. The van der Waals surface area contributed by atoms with Crippen molar-refractivity contribution in [1.82, 2.24) is 20.4 Å². The van der Waals surface area contributed by atoms with Crippen LogP contribution in [0.25, 0.3) is 0 Å². The van der Waals surface area contributed by atoms with Crippen molar-refractivity contribution in [3.8, 4) is 11.5 Å². The number of Topliss-reactive ketones (excluding diaryl/α,β-unsaturated/α-hetero) is 2.